The van der Waals surface area contributed by atoms with Crippen molar-refractivity contribution in [3.05, 3.63) is 101 Å². The Labute approximate surface area is 157 Å². The molecule has 4 heteroatoms. The van der Waals surface area contributed by atoms with E-state index in [9.17, 15) is 14.9 Å². The highest BCUT2D eigenvalue weighted by Gasteiger charge is 2.09. The van der Waals surface area contributed by atoms with E-state index >= 15 is 0 Å². The number of rotatable bonds is 5. The predicted molar refractivity (Wildman–Crippen MR) is 102 cm³/mol. The zero-order valence-corrected chi connectivity index (χ0v) is 14.4. The van der Waals surface area contributed by atoms with E-state index in [1.54, 1.807) is 48.5 Å². The lowest BCUT2D eigenvalue weighted by Crippen LogP contribution is -1.99. The molecule has 0 amide bonds. The molecular weight excluding hydrogens is 339 g/mol. The Morgan fingerprint density at radius 2 is 1.63 bits per heavy atom. The first-order chi connectivity index (χ1) is 13.2. The minimum Gasteiger partial charge on any atom is -0.488 e. The number of hydrogen-bond donors (Lipinski definition) is 0. The summed E-state index contributed by atoms with van der Waals surface area (Å²) in [5.74, 6) is 0.0981. The molecule has 0 aromatic heterocycles. The van der Waals surface area contributed by atoms with Gasteiger partial charge < -0.3 is 4.74 Å². The van der Waals surface area contributed by atoms with Gasteiger partial charge in [-0.05, 0) is 24.3 Å². The van der Waals surface area contributed by atoms with Crippen LogP contribution in [0.15, 0.2) is 72.8 Å². The molecule has 0 bridgehead atoms. The molecule has 0 atom stereocenters. The molecule has 3 aromatic carbocycles. The van der Waals surface area contributed by atoms with Crippen LogP contribution >= 0.6 is 0 Å². The Balaban J connectivity index is 1.91. The van der Waals surface area contributed by atoms with Gasteiger partial charge in [-0.25, -0.2) is 4.39 Å². The van der Waals surface area contributed by atoms with Gasteiger partial charge in [0.15, 0.2) is 0 Å². The van der Waals surface area contributed by atoms with Gasteiger partial charge in [-0.3, -0.25) is 0 Å². The van der Waals surface area contributed by atoms with E-state index in [-0.39, 0.29) is 17.7 Å². The standard InChI is InChI=1S/C23H15FN2O/c24-22-11-5-4-10-21(22)20(15-26)13-17-7-3-6-12-23(17)27-16-19-9-2-1-8-18(19)14-25/h1-13H,16H2/b20-13-. The molecule has 0 saturated heterocycles. The molecule has 0 radical (unpaired) electrons. The molecule has 0 aliphatic rings. The molecule has 0 heterocycles. The van der Waals surface area contributed by atoms with Crippen LogP contribution in [0.25, 0.3) is 11.6 Å². The minimum atomic E-state index is -0.452. The summed E-state index contributed by atoms with van der Waals surface area (Å²) in [6, 6.07) is 24.8. The summed E-state index contributed by atoms with van der Waals surface area (Å²) in [5, 5.41) is 18.7. The highest BCUT2D eigenvalue weighted by atomic mass is 19.1. The molecular formula is C23H15FN2O. The summed E-state index contributed by atoms with van der Waals surface area (Å²) in [6.45, 7) is 0.218. The molecule has 0 fully saturated rings. The van der Waals surface area contributed by atoms with Crippen LogP contribution in [0.4, 0.5) is 4.39 Å². The number of nitrogens with zero attached hydrogens (tertiary/aromatic N) is 2. The third-order valence-electron chi connectivity index (χ3n) is 4.02. The van der Waals surface area contributed by atoms with Gasteiger partial charge in [-0.2, -0.15) is 10.5 Å². The summed E-state index contributed by atoms with van der Waals surface area (Å²) in [7, 11) is 0. The topological polar surface area (TPSA) is 56.8 Å². The van der Waals surface area contributed by atoms with Crippen LogP contribution in [-0.4, -0.2) is 0 Å². The van der Waals surface area contributed by atoms with E-state index in [0.29, 0.717) is 16.9 Å². The van der Waals surface area contributed by atoms with Crippen molar-refractivity contribution in [1.29, 1.82) is 10.5 Å². The first kappa shape index (κ1) is 17.9. The van der Waals surface area contributed by atoms with Gasteiger partial charge >= 0.3 is 0 Å². The molecule has 0 saturated carbocycles. The quantitative estimate of drug-likeness (QED) is 0.459. The van der Waals surface area contributed by atoms with Gasteiger partial charge in [0.2, 0.25) is 0 Å². The highest BCUT2D eigenvalue weighted by Crippen LogP contribution is 2.26. The Bertz CT molecular complexity index is 1070. The highest BCUT2D eigenvalue weighted by molar-refractivity contribution is 5.90. The van der Waals surface area contributed by atoms with Gasteiger partial charge in [0.25, 0.3) is 0 Å². The van der Waals surface area contributed by atoms with E-state index in [4.69, 9.17) is 4.74 Å². The number of benzene rings is 3. The molecule has 0 unspecified atom stereocenters. The fourth-order valence-corrected chi connectivity index (χ4v) is 2.65. The first-order valence-corrected chi connectivity index (χ1v) is 8.29. The summed E-state index contributed by atoms with van der Waals surface area (Å²) in [6.07, 6.45) is 1.60. The van der Waals surface area contributed by atoms with Crippen molar-refractivity contribution >= 4 is 11.6 Å². The lowest BCUT2D eigenvalue weighted by atomic mass is 10.0. The summed E-state index contributed by atoms with van der Waals surface area (Å²) in [5.41, 5.74) is 2.43. The van der Waals surface area contributed by atoms with E-state index in [1.165, 1.54) is 6.07 Å². The van der Waals surface area contributed by atoms with Gasteiger partial charge in [0.1, 0.15) is 18.2 Å². The lowest BCUT2D eigenvalue weighted by molar-refractivity contribution is 0.305. The zero-order valence-electron chi connectivity index (χ0n) is 14.4. The number of allylic oxidation sites excluding steroid dienone is 1. The van der Waals surface area contributed by atoms with Crippen molar-refractivity contribution in [1.82, 2.24) is 0 Å². The maximum Gasteiger partial charge on any atom is 0.131 e. The van der Waals surface area contributed by atoms with Crippen molar-refractivity contribution in [2.45, 2.75) is 6.61 Å². The molecule has 0 spiro atoms. The largest absolute Gasteiger partial charge is 0.488 e. The van der Waals surface area contributed by atoms with E-state index < -0.39 is 5.82 Å². The van der Waals surface area contributed by atoms with Gasteiger partial charge in [0.05, 0.1) is 23.3 Å². The summed E-state index contributed by atoms with van der Waals surface area (Å²) < 4.78 is 19.9. The Kier molecular flexibility index (Phi) is 5.62. The van der Waals surface area contributed by atoms with Gasteiger partial charge in [-0.15, -0.1) is 0 Å². The second-order valence-corrected chi connectivity index (χ2v) is 5.75. The Morgan fingerprint density at radius 3 is 2.41 bits per heavy atom. The van der Waals surface area contributed by atoms with Crippen molar-refractivity contribution in [2.75, 3.05) is 0 Å². The zero-order chi connectivity index (χ0) is 19.1. The maximum atomic E-state index is 14.0. The summed E-state index contributed by atoms with van der Waals surface area (Å²) in [4.78, 5) is 0. The number of ether oxygens (including phenoxy) is 1. The predicted octanol–water partition coefficient (Wildman–Crippen LogP) is 5.34. The van der Waals surface area contributed by atoms with Crippen molar-refractivity contribution < 1.29 is 9.13 Å². The van der Waals surface area contributed by atoms with E-state index in [2.05, 4.69) is 6.07 Å². The van der Waals surface area contributed by atoms with Crippen LogP contribution in [0.1, 0.15) is 22.3 Å². The normalized spacial score (nSPS) is 10.7. The van der Waals surface area contributed by atoms with E-state index in [1.807, 2.05) is 30.3 Å². The Hall–Kier alpha value is -3.89. The third-order valence-corrected chi connectivity index (χ3v) is 4.02. The number of hydrogen-bond acceptors (Lipinski definition) is 3. The Morgan fingerprint density at radius 1 is 0.926 bits per heavy atom. The van der Waals surface area contributed by atoms with Crippen LogP contribution in [0.2, 0.25) is 0 Å². The maximum absolute atomic E-state index is 14.0. The SMILES string of the molecule is N#C/C(=C/c1ccccc1OCc1ccccc1C#N)c1ccccc1F. The van der Waals surface area contributed by atoms with Crippen LogP contribution < -0.4 is 4.74 Å². The number of halogens is 1. The monoisotopic (exact) mass is 354 g/mol. The molecule has 3 rings (SSSR count). The van der Waals surface area contributed by atoms with Gasteiger partial charge in [-0.1, -0.05) is 54.6 Å². The smallest absolute Gasteiger partial charge is 0.131 e. The lowest BCUT2D eigenvalue weighted by Gasteiger charge is -2.11. The first-order valence-electron chi connectivity index (χ1n) is 8.29. The third kappa shape index (κ3) is 4.21. The molecule has 0 N–H and O–H groups in total. The molecule has 3 nitrogen and oxygen atoms in total. The van der Waals surface area contributed by atoms with Crippen molar-refractivity contribution in [3.63, 3.8) is 0 Å². The van der Waals surface area contributed by atoms with Crippen LogP contribution in [0.3, 0.4) is 0 Å². The van der Waals surface area contributed by atoms with Crippen LogP contribution in [0.5, 0.6) is 5.75 Å². The number of nitriles is 2. The molecule has 0 aliphatic heterocycles. The fraction of sp³-hybridized carbons (Fsp3) is 0.0435. The average Bonchev–Trinajstić information content (AvgIpc) is 2.72. The molecule has 130 valence electrons. The fourth-order valence-electron chi connectivity index (χ4n) is 2.65. The van der Waals surface area contributed by atoms with Crippen LogP contribution in [-0.2, 0) is 6.61 Å². The average molecular weight is 354 g/mol. The van der Waals surface area contributed by atoms with Crippen molar-refractivity contribution in [2.24, 2.45) is 0 Å². The summed E-state index contributed by atoms with van der Waals surface area (Å²) >= 11 is 0. The number of para-hydroxylation sites is 1. The second-order valence-electron chi connectivity index (χ2n) is 5.75. The molecule has 3 aromatic rings. The van der Waals surface area contributed by atoms with Crippen LogP contribution in [0, 0.1) is 28.5 Å². The van der Waals surface area contributed by atoms with Crippen molar-refractivity contribution in [3.8, 4) is 17.9 Å². The van der Waals surface area contributed by atoms with Gasteiger partial charge in [0, 0.05) is 16.7 Å². The molecule has 0 aliphatic carbocycles. The molecule has 27 heavy (non-hydrogen) atoms. The minimum absolute atomic E-state index is 0.210. The van der Waals surface area contributed by atoms with E-state index in [0.717, 1.165) is 5.56 Å². The second kappa shape index (κ2) is 8.47.